The lowest BCUT2D eigenvalue weighted by molar-refractivity contribution is 0.0387. The van der Waals surface area contributed by atoms with Gasteiger partial charge in [-0.3, -0.25) is 4.79 Å². The highest BCUT2D eigenvalue weighted by molar-refractivity contribution is 6.00. The van der Waals surface area contributed by atoms with Crippen molar-refractivity contribution in [2.24, 2.45) is 0 Å². The Labute approximate surface area is 132 Å². The molecule has 0 aromatic heterocycles. The number of rotatable bonds is 3. The van der Waals surface area contributed by atoms with Crippen molar-refractivity contribution in [2.75, 3.05) is 32.7 Å². The average Bonchev–Trinajstić information content (AvgIpc) is 2.49. The van der Waals surface area contributed by atoms with Gasteiger partial charge in [-0.1, -0.05) is 0 Å². The molecule has 1 N–H and O–H groups in total. The van der Waals surface area contributed by atoms with E-state index in [2.05, 4.69) is 24.1 Å². The Balaban J connectivity index is 1.72. The Bertz CT molecular complexity index is 579. The number of hydrogen-bond acceptors (Lipinski definition) is 4. The summed E-state index contributed by atoms with van der Waals surface area (Å²) in [6.45, 7) is 11.4. The summed E-state index contributed by atoms with van der Waals surface area (Å²) in [4.78, 5) is 15.0. The highest BCUT2D eigenvalue weighted by Gasteiger charge is 2.36. The smallest absolute Gasteiger partial charge is 0.170 e. The molecule has 4 heteroatoms. The normalized spacial score (nSPS) is 25.7. The second-order valence-corrected chi connectivity index (χ2v) is 6.93. The summed E-state index contributed by atoms with van der Waals surface area (Å²) < 4.78 is 6.25. The average molecular weight is 302 g/mol. The van der Waals surface area contributed by atoms with Crippen LogP contribution in [0.3, 0.4) is 0 Å². The molecule has 0 spiro atoms. The number of ketones is 1. The predicted octanol–water partition coefficient (Wildman–Crippen LogP) is 2.32. The second kappa shape index (κ2) is 6.01. The van der Waals surface area contributed by atoms with Gasteiger partial charge in [-0.25, -0.2) is 0 Å². The summed E-state index contributed by atoms with van der Waals surface area (Å²) in [7, 11) is 0. The van der Waals surface area contributed by atoms with Crippen molar-refractivity contribution in [1.29, 1.82) is 0 Å². The van der Waals surface area contributed by atoms with Gasteiger partial charge in [0.1, 0.15) is 11.4 Å². The van der Waals surface area contributed by atoms with Crippen LogP contribution in [0, 0.1) is 13.8 Å². The summed E-state index contributed by atoms with van der Waals surface area (Å²) in [6, 6.07) is 3.99. The van der Waals surface area contributed by atoms with Gasteiger partial charge in [0.2, 0.25) is 0 Å². The van der Waals surface area contributed by atoms with Crippen molar-refractivity contribution < 1.29 is 9.53 Å². The first-order valence-electron chi connectivity index (χ1n) is 8.23. The Hall–Kier alpha value is -1.39. The van der Waals surface area contributed by atoms with E-state index in [1.54, 1.807) is 0 Å². The molecule has 4 nitrogen and oxygen atoms in total. The molecule has 0 aliphatic carbocycles. The Morgan fingerprint density at radius 2 is 1.91 bits per heavy atom. The first-order valence-corrected chi connectivity index (χ1v) is 8.23. The number of benzene rings is 1. The fraction of sp³-hybridized carbons (Fsp3) is 0.611. The van der Waals surface area contributed by atoms with E-state index in [4.69, 9.17) is 4.74 Å². The summed E-state index contributed by atoms with van der Waals surface area (Å²) in [5, 5.41) is 3.37. The zero-order valence-electron chi connectivity index (χ0n) is 13.9. The van der Waals surface area contributed by atoms with Gasteiger partial charge in [0.25, 0.3) is 0 Å². The molecule has 0 radical (unpaired) electrons. The molecule has 3 rings (SSSR count). The number of nitrogens with one attached hydrogen (secondary N) is 1. The van der Waals surface area contributed by atoms with Crippen LogP contribution in [0.1, 0.15) is 41.3 Å². The highest BCUT2D eigenvalue weighted by atomic mass is 16.5. The van der Waals surface area contributed by atoms with E-state index in [0.717, 1.165) is 56.0 Å². The van der Waals surface area contributed by atoms with E-state index in [-0.39, 0.29) is 11.4 Å². The summed E-state index contributed by atoms with van der Waals surface area (Å²) in [5.74, 6) is 0.981. The summed E-state index contributed by atoms with van der Waals surface area (Å²) >= 11 is 0. The van der Waals surface area contributed by atoms with Gasteiger partial charge in [-0.2, -0.15) is 0 Å². The Morgan fingerprint density at radius 3 is 2.64 bits per heavy atom. The van der Waals surface area contributed by atoms with Crippen LogP contribution in [-0.4, -0.2) is 49.0 Å². The van der Waals surface area contributed by atoms with Crippen LogP contribution in [0.4, 0.5) is 0 Å². The molecule has 2 aliphatic heterocycles. The standard InChI is InChI=1S/C18H26N2O2/c1-13-10-15-16(21)12-18(3,22-17(15)11-14(13)2)4-7-20-8-5-19-6-9-20/h10-11,19H,4-9,12H2,1-3H3. The van der Waals surface area contributed by atoms with Gasteiger partial charge < -0.3 is 15.0 Å². The minimum absolute atomic E-state index is 0.215. The maximum Gasteiger partial charge on any atom is 0.170 e. The third kappa shape index (κ3) is 3.18. The number of ether oxygens (including phenoxy) is 1. The van der Waals surface area contributed by atoms with Gasteiger partial charge in [0.05, 0.1) is 12.0 Å². The molecule has 120 valence electrons. The van der Waals surface area contributed by atoms with Crippen LogP contribution in [0.5, 0.6) is 5.75 Å². The SMILES string of the molecule is Cc1cc2c(cc1C)C(=O)CC(C)(CCN1CCNCC1)O2. The van der Waals surface area contributed by atoms with Crippen LogP contribution < -0.4 is 10.1 Å². The molecule has 2 aliphatic rings. The highest BCUT2D eigenvalue weighted by Crippen LogP contribution is 2.36. The maximum atomic E-state index is 12.5. The number of carbonyl (C=O) groups is 1. The quantitative estimate of drug-likeness (QED) is 0.930. The van der Waals surface area contributed by atoms with Crippen LogP contribution >= 0.6 is 0 Å². The second-order valence-electron chi connectivity index (χ2n) is 6.93. The van der Waals surface area contributed by atoms with E-state index < -0.39 is 0 Å². The van der Waals surface area contributed by atoms with Crippen molar-refractivity contribution in [2.45, 2.75) is 39.2 Å². The molecule has 0 saturated carbocycles. The molecule has 1 fully saturated rings. The molecule has 1 atom stereocenters. The molecule has 2 heterocycles. The molecule has 1 unspecified atom stereocenters. The van der Waals surface area contributed by atoms with E-state index >= 15 is 0 Å². The lowest BCUT2D eigenvalue weighted by Gasteiger charge is -2.37. The molecule has 1 aromatic carbocycles. The van der Waals surface area contributed by atoms with Crippen molar-refractivity contribution >= 4 is 5.78 Å². The van der Waals surface area contributed by atoms with Crippen molar-refractivity contribution in [3.05, 3.63) is 28.8 Å². The fourth-order valence-electron chi connectivity index (χ4n) is 3.30. The van der Waals surface area contributed by atoms with Crippen LogP contribution in [-0.2, 0) is 0 Å². The van der Waals surface area contributed by atoms with E-state index in [1.165, 1.54) is 5.56 Å². The van der Waals surface area contributed by atoms with Crippen LogP contribution in [0.25, 0.3) is 0 Å². The number of Topliss-reactive ketones (excluding diaryl/α,β-unsaturated/α-hetero) is 1. The predicted molar refractivity (Wildman–Crippen MR) is 87.8 cm³/mol. The number of fused-ring (bicyclic) bond motifs is 1. The van der Waals surface area contributed by atoms with Crippen molar-refractivity contribution in [1.82, 2.24) is 10.2 Å². The van der Waals surface area contributed by atoms with Crippen molar-refractivity contribution in [3.63, 3.8) is 0 Å². The number of hydrogen-bond donors (Lipinski definition) is 1. The third-order valence-electron chi connectivity index (χ3n) is 4.95. The zero-order chi connectivity index (χ0) is 15.7. The number of nitrogens with zero attached hydrogens (tertiary/aromatic N) is 1. The summed E-state index contributed by atoms with van der Waals surface area (Å²) in [6.07, 6.45) is 1.37. The van der Waals surface area contributed by atoms with Gasteiger partial charge in [0.15, 0.2) is 5.78 Å². The molecular formula is C18H26N2O2. The lowest BCUT2D eigenvalue weighted by atomic mass is 9.87. The van der Waals surface area contributed by atoms with Gasteiger partial charge >= 0.3 is 0 Å². The molecule has 22 heavy (non-hydrogen) atoms. The van der Waals surface area contributed by atoms with Gasteiger partial charge in [0, 0.05) is 32.7 Å². The Morgan fingerprint density at radius 1 is 1.23 bits per heavy atom. The van der Waals surface area contributed by atoms with Gasteiger partial charge in [-0.15, -0.1) is 0 Å². The number of carbonyl (C=O) groups excluding carboxylic acids is 1. The minimum Gasteiger partial charge on any atom is -0.486 e. The fourth-order valence-corrected chi connectivity index (χ4v) is 3.30. The molecular weight excluding hydrogens is 276 g/mol. The first-order chi connectivity index (χ1) is 10.5. The molecule has 0 amide bonds. The number of aryl methyl sites for hydroxylation is 2. The molecule has 1 aromatic rings. The first kappa shape index (κ1) is 15.5. The van der Waals surface area contributed by atoms with E-state index in [9.17, 15) is 4.79 Å². The number of piperazine rings is 1. The third-order valence-corrected chi connectivity index (χ3v) is 4.95. The maximum absolute atomic E-state index is 12.5. The van der Waals surface area contributed by atoms with E-state index in [0.29, 0.717) is 6.42 Å². The Kier molecular flexibility index (Phi) is 4.24. The van der Waals surface area contributed by atoms with Crippen molar-refractivity contribution in [3.8, 4) is 5.75 Å². The van der Waals surface area contributed by atoms with Crippen LogP contribution in [0.2, 0.25) is 0 Å². The molecule has 1 saturated heterocycles. The molecule has 0 bridgehead atoms. The lowest BCUT2D eigenvalue weighted by Crippen LogP contribution is -2.47. The topological polar surface area (TPSA) is 41.6 Å². The monoisotopic (exact) mass is 302 g/mol. The zero-order valence-corrected chi connectivity index (χ0v) is 13.9. The van der Waals surface area contributed by atoms with Gasteiger partial charge in [-0.05, 0) is 50.5 Å². The minimum atomic E-state index is -0.378. The largest absolute Gasteiger partial charge is 0.486 e. The summed E-state index contributed by atoms with van der Waals surface area (Å²) in [5.41, 5.74) is 2.71. The van der Waals surface area contributed by atoms with E-state index in [1.807, 2.05) is 19.1 Å². The van der Waals surface area contributed by atoms with Crippen LogP contribution in [0.15, 0.2) is 12.1 Å².